The van der Waals surface area contributed by atoms with Crippen LogP contribution in [-0.2, 0) is 25.9 Å². The standard InChI is InChI=1S/C29H45N3O7S/c1-21(2)32(23-13-11-15-30(19-23)28(34)39-29(3,4)5)27(33)24-18-22-12-10-14-25(38-20-40(7,35)36)26(22)31(24)16-8-9-17-37-6/h10,12,14,18,21,23H,8-9,11,13,15-17,19-20H2,1-7H3/t23-/m1/s1. The number of para-hydroxylation sites is 1. The summed E-state index contributed by atoms with van der Waals surface area (Å²) < 4.78 is 42.2. The molecule has 224 valence electrons. The maximum Gasteiger partial charge on any atom is 0.410 e. The molecule has 10 nitrogen and oxygen atoms in total. The third-order valence-electron chi connectivity index (χ3n) is 6.74. The van der Waals surface area contributed by atoms with Crippen molar-refractivity contribution in [1.29, 1.82) is 0 Å². The van der Waals surface area contributed by atoms with Gasteiger partial charge in [0.15, 0.2) is 15.8 Å². The third kappa shape index (κ3) is 8.36. The van der Waals surface area contributed by atoms with Crippen LogP contribution in [0.2, 0.25) is 0 Å². The average Bonchev–Trinajstić information content (AvgIpc) is 3.23. The normalized spacial score (nSPS) is 16.4. The van der Waals surface area contributed by atoms with E-state index in [0.29, 0.717) is 43.2 Å². The Balaban J connectivity index is 1.99. The van der Waals surface area contributed by atoms with Gasteiger partial charge in [-0.05, 0) is 72.4 Å². The maximum absolute atomic E-state index is 14.3. The molecule has 1 fully saturated rings. The minimum atomic E-state index is -3.37. The van der Waals surface area contributed by atoms with Crippen LogP contribution in [-0.4, -0.2) is 91.5 Å². The highest BCUT2D eigenvalue weighted by molar-refractivity contribution is 7.90. The zero-order chi connectivity index (χ0) is 29.7. The lowest BCUT2D eigenvalue weighted by Gasteiger charge is -2.41. The lowest BCUT2D eigenvalue weighted by atomic mass is 10.0. The van der Waals surface area contributed by atoms with Gasteiger partial charge in [0.05, 0.1) is 11.6 Å². The molecular weight excluding hydrogens is 534 g/mol. The van der Waals surface area contributed by atoms with Crippen molar-refractivity contribution in [2.75, 3.05) is 39.0 Å². The van der Waals surface area contributed by atoms with Crippen LogP contribution in [0.3, 0.4) is 0 Å². The molecule has 1 atom stereocenters. The molecule has 0 unspecified atom stereocenters. The highest BCUT2D eigenvalue weighted by Gasteiger charge is 2.35. The highest BCUT2D eigenvalue weighted by Crippen LogP contribution is 2.32. The number of hydrogen-bond acceptors (Lipinski definition) is 7. The van der Waals surface area contributed by atoms with Gasteiger partial charge in [-0.1, -0.05) is 12.1 Å². The summed E-state index contributed by atoms with van der Waals surface area (Å²) in [6, 6.07) is 6.99. The molecule has 0 aliphatic carbocycles. The first kappa shape index (κ1) is 31.7. The zero-order valence-corrected chi connectivity index (χ0v) is 25.8. The van der Waals surface area contributed by atoms with Crippen molar-refractivity contribution in [3.63, 3.8) is 0 Å². The summed E-state index contributed by atoms with van der Waals surface area (Å²) in [6.45, 7) is 11.6. The number of nitrogens with zero attached hydrogens (tertiary/aromatic N) is 3. The molecule has 1 aliphatic rings. The summed E-state index contributed by atoms with van der Waals surface area (Å²) in [5, 5.41) is 0.795. The minimum absolute atomic E-state index is 0.114. The van der Waals surface area contributed by atoms with Crippen LogP contribution in [0.4, 0.5) is 4.79 Å². The molecule has 40 heavy (non-hydrogen) atoms. The second-order valence-corrected chi connectivity index (χ2v) is 13.9. The lowest BCUT2D eigenvalue weighted by Crippen LogP contribution is -2.54. The van der Waals surface area contributed by atoms with Gasteiger partial charge in [-0.2, -0.15) is 0 Å². The first-order valence-corrected chi connectivity index (χ1v) is 16.0. The molecule has 1 aromatic carbocycles. The predicted molar refractivity (Wildman–Crippen MR) is 156 cm³/mol. The van der Waals surface area contributed by atoms with E-state index in [1.807, 2.05) is 56.2 Å². The topological polar surface area (TPSA) is 107 Å². The van der Waals surface area contributed by atoms with Crippen LogP contribution >= 0.6 is 0 Å². The number of sulfone groups is 1. The molecular formula is C29H45N3O7S. The largest absolute Gasteiger partial charge is 0.476 e. The minimum Gasteiger partial charge on any atom is -0.476 e. The second kappa shape index (κ2) is 13.2. The molecule has 0 spiro atoms. The quantitative estimate of drug-likeness (QED) is 0.355. The van der Waals surface area contributed by atoms with E-state index in [1.165, 1.54) is 0 Å². The Labute approximate surface area is 238 Å². The first-order valence-electron chi connectivity index (χ1n) is 13.9. The summed E-state index contributed by atoms with van der Waals surface area (Å²) >= 11 is 0. The number of aromatic nitrogens is 1. The van der Waals surface area contributed by atoms with E-state index < -0.39 is 21.4 Å². The summed E-state index contributed by atoms with van der Waals surface area (Å²) in [7, 11) is -1.71. The third-order valence-corrected chi connectivity index (χ3v) is 7.29. The van der Waals surface area contributed by atoms with Gasteiger partial charge < -0.3 is 28.6 Å². The molecule has 1 aliphatic heterocycles. The Morgan fingerprint density at radius 3 is 2.52 bits per heavy atom. The fourth-order valence-electron chi connectivity index (χ4n) is 5.13. The van der Waals surface area contributed by atoms with Crippen LogP contribution in [0.5, 0.6) is 5.75 Å². The van der Waals surface area contributed by atoms with Gasteiger partial charge in [-0.3, -0.25) is 4.79 Å². The van der Waals surface area contributed by atoms with Crippen LogP contribution < -0.4 is 4.74 Å². The monoisotopic (exact) mass is 579 g/mol. The summed E-state index contributed by atoms with van der Waals surface area (Å²) in [6.07, 6.45) is 3.86. The lowest BCUT2D eigenvalue weighted by molar-refractivity contribution is 0.00733. The fraction of sp³-hybridized carbons (Fsp3) is 0.655. The van der Waals surface area contributed by atoms with E-state index in [1.54, 1.807) is 24.1 Å². The van der Waals surface area contributed by atoms with E-state index in [2.05, 4.69) is 0 Å². The SMILES string of the molecule is COCCCCn1c(C(=O)N(C(C)C)[C@@H]2CCCN(C(=O)OC(C)(C)C)C2)cc2cccc(OCS(C)(=O)=O)c21. The Morgan fingerprint density at radius 2 is 1.90 bits per heavy atom. The number of amides is 2. The van der Waals surface area contributed by atoms with Gasteiger partial charge in [0.25, 0.3) is 5.91 Å². The highest BCUT2D eigenvalue weighted by atomic mass is 32.2. The molecule has 0 radical (unpaired) electrons. The number of unbranched alkanes of at least 4 members (excludes halogenated alkanes) is 1. The Hall–Kier alpha value is -2.79. The molecule has 1 aromatic heterocycles. The van der Waals surface area contributed by atoms with Gasteiger partial charge in [0, 0.05) is 51.0 Å². The molecule has 3 rings (SSSR count). The summed E-state index contributed by atoms with van der Waals surface area (Å²) in [5.74, 6) is -0.174. The van der Waals surface area contributed by atoms with Gasteiger partial charge in [-0.15, -0.1) is 0 Å². The zero-order valence-electron chi connectivity index (χ0n) is 24.9. The van der Waals surface area contributed by atoms with Crippen LogP contribution in [0, 0.1) is 0 Å². The number of methoxy groups -OCH3 is 1. The predicted octanol–water partition coefficient (Wildman–Crippen LogP) is 4.70. The van der Waals surface area contributed by atoms with E-state index in [-0.39, 0.29) is 24.1 Å². The number of likely N-dealkylation sites (tertiary alicyclic amines) is 1. The molecule has 2 amide bonds. The van der Waals surface area contributed by atoms with Crippen molar-refractivity contribution >= 4 is 32.7 Å². The van der Waals surface area contributed by atoms with Crippen molar-refractivity contribution in [1.82, 2.24) is 14.4 Å². The molecule has 11 heteroatoms. The first-order chi connectivity index (χ1) is 18.7. The van der Waals surface area contributed by atoms with E-state index in [4.69, 9.17) is 14.2 Å². The number of hydrogen-bond donors (Lipinski definition) is 0. The molecule has 2 heterocycles. The number of ether oxygens (including phenoxy) is 3. The maximum atomic E-state index is 14.3. The number of benzene rings is 1. The number of carbonyl (C=O) groups is 2. The van der Waals surface area contributed by atoms with Crippen molar-refractivity contribution in [3.05, 3.63) is 30.0 Å². The smallest absolute Gasteiger partial charge is 0.410 e. The van der Waals surface area contributed by atoms with Gasteiger partial charge >= 0.3 is 6.09 Å². The number of rotatable bonds is 11. The second-order valence-electron chi connectivity index (χ2n) is 11.8. The number of fused-ring (bicyclic) bond motifs is 1. The van der Waals surface area contributed by atoms with Gasteiger partial charge in [0.2, 0.25) is 0 Å². The molecule has 0 saturated carbocycles. The van der Waals surface area contributed by atoms with Crippen LogP contribution in [0.15, 0.2) is 24.3 Å². The van der Waals surface area contributed by atoms with E-state index in [0.717, 1.165) is 37.3 Å². The van der Waals surface area contributed by atoms with Crippen LogP contribution in [0.25, 0.3) is 10.9 Å². The fourth-order valence-corrected chi connectivity index (χ4v) is 5.47. The van der Waals surface area contributed by atoms with Crippen molar-refractivity contribution in [2.24, 2.45) is 0 Å². The number of carbonyl (C=O) groups excluding carboxylic acids is 2. The Morgan fingerprint density at radius 1 is 1.18 bits per heavy atom. The average molecular weight is 580 g/mol. The molecule has 2 aromatic rings. The van der Waals surface area contributed by atoms with E-state index >= 15 is 0 Å². The van der Waals surface area contributed by atoms with Crippen molar-refractivity contribution in [3.8, 4) is 5.75 Å². The Bertz CT molecular complexity index is 1280. The number of aryl methyl sites for hydroxylation is 1. The van der Waals surface area contributed by atoms with Gasteiger partial charge in [0.1, 0.15) is 17.0 Å². The van der Waals surface area contributed by atoms with Gasteiger partial charge in [-0.25, -0.2) is 13.2 Å². The van der Waals surface area contributed by atoms with Crippen molar-refractivity contribution in [2.45, 2.75) is 84.5 Å². The molecule has 0 N–H and O–H groups in total. The van der Waals surface area contributed by atoms with Crippen LogP contribution in [0.1, 0.15) is 70.8 Å². The molecule has 0 bridgehead atoms. The Kier molecular flexibility index (Phi) is 10.5. The summed E-state index contributed by atoms with van der Waals surface area (Å²) in [5.41, 5.74) is 0.596. The number of piperidine rings is 1. The van der Waals surface area contributed by atoms with E-state index in [9.17, 15) is 18.0 Å². The molecule has 1 saturated heterocycles. The van der Waals surface area contributed by atoms with Crippen molar-refractivity contribution < 1.29 is 32.2 Å². The summed E-state index contributed by atoms with van der Waals surface area (Å²) in [4.78, 5) is 30.7.